The van der Waals surface area contributed by atoms with Crippen molar-refractivity contribution in [3.05, 3.63) is 24.4 Å². The number of carbonyl (C=O) groups is 1. The Morgan fingerprint density at radius 2 is 1.85 bits per heavy atom. The number of fused-ring (bicyclic) bond motifs is 1. The van der Waals surface area contributed by atoms with Gasteiger partial charge in [-0.2, -0.15) is 0 Å². The number of piperazine rings is 1. The number of primary amides is 1. The van der Waals surface area contributed by atoms with Crippen LogP contribution in [-0.4, -0.2) is 69.0 Å². The number of nitrogens with two attached hydrogens (primary N) is 1. The molecule has 2 heterocycles. The number of hydrogen-bond acceptors (Lipinski definition) is 7. The van der Waals surface area contributed by atoms with E-state index in [4.69, 9.17) is 19.9 Å². The summed E-state index contributed by atoms with van der Waals surface area (Å²) in [6, 6.07) is 6.05. The zero-order valence-electron chi connectivity index (χ0n) is 16.0. The van der Waals surface area contributed by atoms with Crippen LogP contribution >= 0.6 is 0 Å². The lowest BCUT2D eigenvalue weighted by Crippen LogP contribution is -2.51. The van der Waals surface area contributed by atoms with E-state index >= 15 is 0 Å². The number of rotatable bonds is 6. The fraction of sp³-hybridized carbons (Fsp3) is 0.474. The lowest BCUT2D eigenvalue weighted by Gasteiger charge is -2.39. The molecule has 146 valence electrons. The predicted octanol–water partition coefficient (Wildman–Crippen LogP) is 1.86. The fourth-order valence-corrected chi connectivity index (χ4v) is 3.45. The molecule has 2 aromatic rings. The molecule has 8 nitrogen and oxygen atoms in total. The number of anilines is 1. The second-order valence-electron chi connectivity index (χ2n) is 6.56. The quantitative estimate of drug-likeness (QED) is 0.825. The molecule has 1 amide bonds. The van der Waals surface area contributed by atoms with E-state index in [9.17, 15) is 4.79 Å². The van der Waals surface area contributed by atoms with E-state index in [1.54, 1.807) is 14.2 Å². The van der Waals surface area contributed by atoms with Gasteiger partial charge in [0.25, 0.3) is 0 Å². The number of aromatic nitrogens is 1. The fourth-order valence-electron chi connectivity index (χ4n) is 3.45. The predicted molar refractivity (Wildman–Crippen MR) is 104 cm³/mol. The molecule has 1 unspecified atom stereocenters. The summed E-state index contributed by atoms with van der Waals surface area (Å²) in [6.07, 6.45) is 1.09. The highest BCUT2D eigenvalue weighted by molar-refractivity contribution is 5.94. The minimum atomic E-state index is -0.729. The zero-order valence-corrected chi connectivity index (χ0v) is 16.0. The molecule has 3 rings (SSSR count). The summed E-state index contributed by atoms with van der Waals surface area (Å²) in [5.41, 5.74) is 7.05. The first kappa shape index (κ1) is 19.0. The molecule has 2 N–H and O–H groups in total. The molecule has 1 saturated heterocycles. The molecule has 0 spiro atoms. The van der Waals surface area contributed by atoms with Crippen molar-refractivity contribution in [3.63, 3.8) is 0 Å². The summed E-state index contributed by atoms with van der Waals surface area (Å²) < 4.78 is 15.8. The van der Waals surface area contributed by atoms with Crippen LogP contribution in [0.2, 0.25) is 0 Å². The van der Waals surface area contributed by atoms with Crippen LogP contribution < -0.4 is 20.1 Å². The first-order chi connectivity index (χ1) is 13.0. The van der Waals surface area contributed by atoms with Gasteiger partial charge in [-0.25, -0.2) is 4.79 Å². The topological polar surface area (TPSA) is 90.1 Å². The number of benzene rings is 1. The number of hydrogen-bond donors (Lipinski definition) is 1. The van der Waals surface area contributed by atoms with E-state index < -0.39 is 6.09 Å². The highest BCUT2D eigenvalue weighted by Crippen LogP contribution is 2.35. The monoisotopic (exact) mass is 374 g/mol. The second kappa shape index (κ2) is 8.30. The second-order valence-corrected chi connectivity index (χ2v) is 6.56. The minimum absolute atomic E-state index is 0.137. The Hall–Kier alpha value is -2.74. The summed E-state index contributed by atoms with van der Waals surface area (Å²) in [5, 5.41) is 1.04. The number of pyridine rings is 1. The van der Waals surface area contributed by atoms with Crippen molar-refractivity contribution in [2.24, 2.45) is 5.73 Å². The van der Waals surface area contributed by atoms with Crippen LogP contribution in [-0.2, 0) is 4.74 Å². The molecule has 0 aliphatic carbocycles. The van der Waals surface area contributed by atoms with Gasteiger partial charge >= 0.3 is 6.09 Å². The van der Waals surface area contributed by atoms with Gasteiger partial charge in [-0.1, -0.05) is 0 Å². The first-order valence-corrected chi connectivity index (χ1v) is 8.95. The van der Waals surface area contributed by atoms with E-state index in [-0.39, 0.29) is 6.04 Å². The number of carbonyl (C=O) groups excluding carboxylic acids is 1. The van der Waals surface area contributed by atoms with Crippen molar-refractivity contribution in [3.8, 4) is 11.5 Å². The largest absolute Gasteiger partial charge is 0.493 e. The summed E-state index contributed by atoms with van der Waals surface area (Å²) >= 11 is 0. The number of amides is 1. The Kier molecular flexibility index (Phi) is 5.85. The van der Waals surface area contributed by atoms with E-state index in [0.717, 1.165) is 42.8 Å². The molecule has 1 aliphatic rings. The molecule has 0 saturated carbocycles. The lowest BCUT2D eigenvalue weighted by atomic mass is 10.1. The van der Waals surface area contributed by atoms with Crippen molar-refractivity contribution in [1.29, 1.82) is 0 Å². The van der Waals surface area contributed by atoms with E-state index in [0.29, 0.717) is 18.1 Å². The van der Waals surface area contributed by atoms with Gasteiger partial charge in [0.1, 0.15) is 6.61 Å². The highest BCUT2D eigenvalue weighted by atomic mass is 16.5. The molecule has 1 aliphatic heterocycles. The molecule has 1 fully saturated rings. The summed E-state index contributed by atoms with van der Waals surface area (Å²) in [6.45, 7) is 5.84. The van der Waals surface area contributed by atoms with Gasteiger partial charge in [-0.05, 0) is 19.1 Å². The molecule has 1 aromatic heterocycles. The Morgan fingerprint density at radius 1 is 1.19 bits per heavy atom. The van der Waals surface area contributed by atoms with Crippen LogP contribution in [0.3, 0.4) is 0 Å². The average molecular weight is 374 g/mol. The van der Waals surface area contributed by atoms with E-state index in [1.165, 1.54) is 0 Å². The maximum absolute atomic E-state index is 10.8. The Balaban J connectivity index is 1.76. The van der Waals surface area contributed by atoms with Gasteiger partial charge in [0.05, 0.1) is 19.7 Å². The minimum Gasteiger partial charge on any atom is -0.493 e. The van der Waals surface area contributed by atoms with Gasteiger partial charge in [0, 0.05) is 55.6 Å². The average Bonchev–Trinajstić information content (AvgIpc) is 2.70. The summed E-state index contributed by atoms with van der Waals surface area (Å²) in [4.78, 5) is 19.9. The third kappa shape index (κ3) is 4.16. The van der Waals surface area contributed by atoms with Gasteiger partial charge in [-0.15, -0.1) is 0 Å². The molecule has 0 bridgehead atoms. The molecule has 8 heteroatoms. The summed E-state index contributed by atoms with van der Waals surface area (Å²) in [5.74, 6) is 1.36. The van der Waals surface area contributed by atoms with Crippen LogP contribution in [0.4, 0.5) is 10.5 Å². The van der Waals surface area contributed by atoms with E-state index in [1.807, 2.05) is 31.3 Å². The smallest absolute Gasteiger partial charge is 0.404 e. The highest BCUT2D eigenvalue weighted by Gasteiger charge is 2.23. The van der Waals surface area contributed by atoms with Crippen LogP contribution in [0.1, 0.15) is 6.92 Å². The zero-order chi connectivity index (χ0) is 19.4. The Labute approximate surface area is 158 Å². The van der Waals surface area contributed by atoms with Crippen LogP contribution in [0, 0.1) is 0 Å². The van der Waals surface area contributed by atoms with Crippen molar-refractivity contribution in [2.75, 3.05) is 51.9 Å². The maximum Gasteiger partial charge on any atom is 0.404 e. The molecule has 27 heavy (non-hydrogen) atoms. The van der Waals surface area contributed by atoms with Crippen molar-refractivity contribution < 1.29 is 19.0 Å². The van der Waals surface area contributed by atoms with Crippen molar-refractivity contribution >= 4 is 22.7 Å². The lowest BCUT2D eigenvalue weighted by molar-refractivity contribution is 0.0988. The van der Waals surface area contributed by atoms with Gasteiger partial charge in [0.15, 0.2) is 11.5 Å². The van der Waals surface area contributed by atoms with Crippen molar-refractivity contribution in [2.45, 2.75) is 13.0 Å². The van der Waals surface area contributed by atoms with Crippen molar-refractivity contribution in [1.82, 2.24) is 9.88 Å². The molecule has 1 aromatic carbocycles. The standard InChI is InChI=1S/C19H26N4O4/c1-13(12-27-19(20)24)22-6-8-23(9-7-22)16-4-5-21-15-11-18(26-3)17(25-2)10-14(15)16/h4-5,10-11,13H,6-9,12H2,1-3H3,(H2,20,24). The molecular formula is C19H26N4O4. The van der Waals surface area contributed by atoms with Gasteiger partial charge in [-0.3, -0.25) is 9.88 Å². The number of methoxy groups -OCH3 is 2. The normalized spacial score (nSPS) is 16.2. The molecular weight excluding hydrogens is 348 g/mol. The maximum atomic E-state index is 10.8. The third-order valence-electron chi connectivity index (χ3n) is 4.97. The molecule has 1 atom stereocenters. The summed E-state index contributed by atoms with van der Waals surface area (Å²) in [7, 11) is 3.25. The first-order valence-electron chi connectivity index (χ1n) is 8.95. The van der Waals surface area contributed by atoms with Gasteiger partial charge < -0.3 is 24.8 Å². The van der Waals surface area contributed by atoms with Crippen LogP contribution in [0.15, 0.2) is 24.4 Å². The number of ether oxygens (including phenoxy) is 3. The SMILES string of the molecule is COc1cc2nccc(N3CCN(C(C)COC(N)=O)CC3)c2cc1OC. The van der Waals surface area contributed by atoms with Crippen LogP contribution in [0.25, 0.3) is 10.9 Å². The van der Waals surface area contributed by atoms with Gasteiger partial charge in [0.2, 0.25) is 0 Å². The molecule has 0 radical (unpaired) electrons. The Bertz CT molecular complexity index is 806. The Morgan fingerprint density at radius 3 is 2.48 bits per heavy atom. The van der Waals surface area contributed by atoms with Crippen LogP contribution in [0.5, 0.6) is 11.5 Å². The van der Waals surface area contributed by atoms with E-state index in [2.05, 4.69) is 14.8 Å². The third-order valence-corrected chi connectivity index (χ3v) is 4.97. The number of nitrogens with zero attached hydrogens (tertiary/aromatic N) is 3.